The van der Waals surface area contributed by atoms with Crippen LogP contribution in [0.3, 0.4) is 0 Å². The third-order valence-corrected chi connectivity index (χ3v) is 5.77. The van der Waals surface area contributed by atoms with Crippen molar-refractivity contribution in [3.63, 3.8) is 0 Å². The predicted molar refractivity (Wildman–Crippen MR) is 107 cm³/mol. The van der Waals surface area contributed by atoms with Gasteiger partial charge in [0.05, 0.1) is 16.7 Å². The summed E-state index contributed by atoms with van der Waals surface area (Å²) in [7, 11) is 0. The molecule has 2 aliphatic rings. The van der Waals surface area contributed by atoms with Crippen LogP contribution in [0, 0.1) is 0 Å². The van der Waals surface area contributed by atoms with Crippen LogP contribution < -0.4 is 0 Å². The number of benzene rings is 2. The molecule has 2 heterocycles. The third kappa shape index (κ3) is 3.30. The first-order valence-electron chi connectivity index (χ1n) is 10.1. The molecule has 2 amide bonds. The Morgan fingerprint density at radius 3 is 2.29 bits per heavy atom. The molecule has 31 heavy (non-hydrogen) atoms. The number of fused-ring (bicyclic) bond motifs is 1. The van der Waals surface area contributed by atoms with Gasteiger partial charge in [0.15, 0.2) is 11.9 Å². The van der Waals surface area contributed by atoms with Gasteiger partial charge >= 0.3 is 5.97 Å². The lowest BCUT2D eigenvalue weighted by molar-refractivity contribution is 0.0264. The van der Waals surface area contributed by atoms with Gasteiger partial charge in [-0.1, -0.05) is 35.5 Å². The number of rotatable bonds is 5. The first-order chi connectivity index (χ1) is 15.0. The van der Waals surface area contributed by atoms with E-state index in [1.807, 2.05) is 6.07 Å². The lowest BCUT2D eigenvalue weighted by Crippen LogP contribution is -2.47. The maximum atomic E-state index is 12.6. The van der Waals surface area contributed by atoms with Crippen molar-refractivity contribution in [3.8, 4) is 0 Å². The maximum absolute atomic E-state index is 12.6. The number of aromatic nitrogens is 2. The molecule has 0 N–H and O–H groups in total. The molecule has 1 aliphatic carbocycles. The largest absolute Gasteiger partial charge is 0.449 e. The van der Waals surface area contributed by atoms with Gasteiger partial charge in [-0.15, -0.1) is 0 Å². The van der Waals surface area contributed by atoms with Crippen molar-refractivity contribution in [1.29, 1.82) is 0 Å². The van der Waals surface area contributed by atoms with Crippen molar-refractivity contribution in [1.82, 2.24) is 15.0 Å². The second kappa shape index (κ2) is 7.46. The van der Waals surface area contributed by atoms with E-state index in [1.165, 1.54) is 4.90 Å². The summed E-state index contributed by atoms with van der Waals surface area (Å²) >= 11 is 0. The number of carbonyl (C=O) groups is 3. The van der Waals surface area contributed by atoms with Crippen LogP contribution in [0.2, 0.25) is 0 Å². The van der Waals surface area contributed by atoms with Gasteiger partial charge in [0, 0.05) is 12.0 Å². The van der Waals surface area contributed by atoms with Crippen LogP contribution in [0.1, 0.15) is 74.6 Å². The molecule has 156 valence electrons. The Morgan fingerprint density at radius 1 is 1.03 bits per heavy atom. The average Bonchev–Trinajstić information content (AvgIpc) is 3.33. The fourth-order valence-electron chi connectivity index (χ4n) is 3.98. The zero-order valence-electron chi connectivity index (χ0n) is 16.7. The molecule has 1 atom stereocenters. The standard InChI is InChI=1S/C23H19N3O5/c1-13(30-23(29)14-7-3-2-4-8-14)20-24-19(25-31-20)15-11-16(12-15)26-21(27)17-9-5-6-10-18(17)22(26)28/h2-10,13,15-16H,11-12H2,1H3/t13-,15?,16?/m1/s1. The minimum absolute atomic E-state index is 0.0242. The van der Waals surface area contributed by atoms with Gasteiger partial charge in [-0.25, -0.2) is 4.79 Å². The number of amides is 2. The Morgan fingerprint density at radius 2 is 1.65 bits per heavy atom. The van der Waals surface area contributed by atoms with Crippen LogP contribution in [-0.4, -0.2) is 38.9 Å². The van der Waals surface area contributed by atoms with E-state index in [9.17, 15) is 14.4 Å². The van der Waals surface area contributed by atoms with Crippen LogP contribution in [0.25, 0.3) is 0 Å². The average molecular weight is 417 g/mol. The van der Waals surface area contributed by atoms with Gasteiger partial charge in [0.25, 0.3) is 17.7 Å². The van der Waals surface area contributed by atoms with Crippen molar-refractivity contribution in [2.45, 2.75) is 37.8 Å². The molecule has 0 saturated heterocycles. The Hall–Kier alpha value is -3.81. The molecule has 8 heteroatoms. The lowest BCUT2D eigenvalue weighted by Gasteiger charge is -2.38. The molecule has 5 rings (SSSR count). The Balaban J connectivity index is 1.21. The first kappa shape index (κ1) is 19.2. The molecule has 0 radical (unpaired) electrons. The molecular formula is C23H19N3O5. The van der Waals surface area contributed by atoms with Crippen LogP contribution in [0.4, 0.5) is 0 Å². The Bertz CT molecular complexity index is 1130. The summed E-state index contributed by atoms with van der Waals surface area (Å²) in [6.45, 7) is 1.67. The molecule has 1 saturated carbocycles. The van der Waals surface area contributed by atoms with Crippen LogP contribution in [0.5, 0.6) is 0 Å². The Kier molecular flexibility index (Phi) is 4.62. The summed E-state index contributed by atoms with van der Waals surface area (Å²) < 4.78 is 10.7. The number of hydrogen-bond acceptors (Lipinski definition) is 7. The number of ether oxygens (including phenoxy) is 1. The fourth-order valence-corrected chi connectivity index (χ4v) is 3.98. The highest BCUT2D eigenvalue weighted by Gasteiger charge is 2.46. The van der Waals surface area contributed by atoms with E-state index in [1.54, 1.807) is 55.5 Å². The van der Waals surface area contributed by atoms with Crippen LogP contribution >= 0.6 is 0 Å². The molecule has 8 nitrogen and oxygen atoms in total. The molecule has 2 aromatic carbocycles. The summed E-state index contributed by atoms with van der Waals surface area (Å²) in [6.07, 6.45) is 0.451. The van der Waals surface area contributed by atoms with E-state index in [4.69, 9.17) is 9.26 Å². The number of esters is 1. The molecule has 3 aromatic rings. The number of imide groups is 1. The molecule has 1 aromatic heterocycles. The first-order valence-corrected chi connectivity index (χ1v) is 10.1. The van der Waals surface area contributed by atoms with Gasteiger partial charge in [-0.2, -0.15) is 4.98 Å². The summed E-state index contributed by atoms with van der Waals surface area (Å²) in [5.74, 6) is -0.293. The third-order valence-electron chi connectivity index (χ3n) is 5.77. The van der Waals surface area contributed by atoms with Crippen molar-refractivity contribution >= 4 is 17.8 Å². The minimum atomic E-state index is -0.693. The summed E-state index contributed by atoms with van der Waals surface area (Å²) in [5.41, 5.74) is 1.34. The van der Waals surface area contributed by atoms with Crippen molar-refractivity contribution in [2.75, 3.05) is 0 Å². The molecule has 1 aliphatic heterocycles. The van der Waals surface area contributed by atoms with E-state index in [-0.39, 0.29) is 29.7 Å². The van der Waals surface area contributed by atoms with Crippen molar-refractivity contribution in [2.24, 2.45) is 0 Å². The smallest absolute Gasteiger partial charge is 0.338 e. The SMILES string of the molecule is C[C@@H](OC(=O)c1ccccc1)c1nc(C2CC(N3C(=O)c4ccccc4C3=O)C2)no1. The van der Waals surface area contributed by atoms with Crippen molar-refractivity contribution in [3.05, 3.63) is 83.0 Å². The highest BCUT2D eigenvalue weighted by Crippen LogP contribution is 2.41. The van der Waals surface area contributed by atoms with Crippen LogP contribution in [0.15, 0.2) is 59.1 Å². The number of hydrogen-bond donors (Lipinski definition) is 0. The fraction of sp³-hybridized carbons (Fsp3) is 0.261. The lowest BCUT2D eigenvalue weighted by atomic mass is 9.79. The van der Waals surface area contributed by atoms with Gasteiger partial charge in [0.1, 0.15) is 0 Å². The molecule has 0 spiro atoms. The Labute approximate surface area is 177 Å². The summed E-state index contributed by atoms with van der Waals surface area (Å²) in [6, 6.07) is 15.3. The van der Waals surface area contributed by atoms with Gasteiger partial charge in [-0.05, 0) is 44.0 Å². The number of nitrogens with zero attached hydrogens (tertiary/aromatic N) is 3. The number of carbonyl (C=O) groups excluding carboxylic acids is 3. The molecular weight excluding hydrogens is 398 g/mol. The molecule has 0 bridgehead atoms. The highest BCUT2D eigenvalue weighted by molar-refractivity contribution is 6.21. The zero-order valence-corrected chi connectivity index (χ0v) is 16.7. The highest BCUT2D eigenvalue weighted by atomic mass is 16.6. The minimum Gasteiger partial charge on any atom is -0.449 e. The summed E-state index contributed by atoms with van der Waals surface area (Å²) in [5, 5.41) is 4.01. The predicted octanol–water partition coefficient (Wildman–Crippen LogP) is 3.53. The topological polar surface area (TPSA) is 103 Å². The molecule has 0 unspecified atom stereocenters. The van der Waals surface area contributed by atoms with Gasteiger partial charge in [-0.3, -0.25) is 14.5 Å². The zero-order chi connectivity index (χ0) is 21.5. The second-order valence-corrected chi connectivity index (χ2v) is 7.75. The normalized spacial score (nSPS) is 20.9. The maximum Gasteiger partial charge on any atom is 0.338 e. The van der Waals surface area contributed by atoms with Crippen LogP contribution in [-0.2, 0) is 4.74 Å². The quantitative estimate of drug-likeness (QED) is 0.462. The van der Waals surface area contributed by atoms with E-state index in [0.29, 0.717) is 35.4 Å². The van der Waals surface area contributed by atoms with Gasteiger partial charge < -0.3 is 9.26 Å². The van der Waals surface area contributed by atoms with Crippen molar-refractivity contribution < 1.29 is 23.6 Å². The van der Waals surface area contributed by atoms with E-state index >= 15 is 0 Å². The summed E-state index contributed by atoms with van der Waals surface area (Å²) in [4.78, 5) is 43.1. The van der Waals surface area contributed by atoms with Gasteiger partial charge in [0.2, 0.25) is 0 Å². The molecule has 1 fully saturated rings. The van der Waals surface area contributed by atoms with E-state index in [2.05, 4.69) is 10.1 Å². The second-order valence-electron chi connectivity index (χ2n) is 7.75. The monoisotopic (exact) mass is 417 g/mol. The van der Waals surface area contributed by atoms with E-state index in [0.717, 1.165) is 0 Å². The van der Waals surface area contributed by atoms with E-state index < -0.39 is 12.1 Å².